The summed E-state index contributed by atoms with van der Waals surface area (Å²) in [7, 11) is -1.83. The largest absolute Gasteiger partial charge is 0.355 e. The molecule has 5 aromatic carbocycles. The van der Waals surface area contributed by atoms with Crippen LogP contribution in [0.3, 0.4) is 0 Å². The second kappa shape index (κ2) is 12.1. The highest BCUT2D eigenvalue weighted by Gasteiger charge is 2.27. The van der Waals surface area contributed by atoms with Gasteiger partial charge in [-0.15, -0.1) is 0 Å². The summed E-state index contributed by atoms with van der Waals surface area (Å²) in [6, 6.07) is 42.0. The van der Waals surface area contributed by atoms with Gasteiger partial charge in [0.1, 0.15) is 0 Å². The third-order valence-electron chi connectivity index (χ3n) is 8.31. The lowest BCUT2D eigenvalue weighted by Gasteiger charge is -2.27. The fraction of sp³-hybridized carbons (Fsp3) is 0.268. The highest BCUT2D eigenvalue weighted by Crippen LogP contribution is 2.37. The fourth-order valence-electron chi connectivity index (χ4n) is 5.88. The summed E-state index contributed by atoms with van der Waals surface area (Å²) >= 11 is 0. The van der Waals surface area contributed by atoms with E-state index in [2.05, 4.69) is 187 Å². The number of hydrogen-bond donors (Lipinski definition) is 2. The monoisotopic (exact) mass is 596 g/mol. The van der Waals surface area contributed by atoms with Gasteiger partial charge < -0.3 is 10.6 Å². The van der Waals surface area contributed by atoms with E-state index in [1.165, 1.54) is 38.6 Å². The van der Waals surface area contributed by atoms with Gasteiger partial charge in [-0.2, -0.15) is 0 Å². The molecule has 0 saturated carbocycles. The van der Waals surface area contributed by atoms with E-state index in [-0.39, 0.29) is 10.8 Å². The summed E-state index contributed by atoms with van der Waals surface area (Å²) in [5.41, 5.74) is 12.5. The van der Waals surface area contributed by atoms with E-state index in [1.54, 1.807) is 0 Å². The van der Waals surface area contributed by atoms with E-state index >= 15 is 0 Å². The summed E-state index contributed by atoms with van der Waals surface area (Å²) in [5.74, 6) is 0. The quantitative estimate of drug-likeness (QED) is 0.183. The minimum absolute atomic E-state index is 0.129. The van der Waals surface area contributed by atoms with Crippen LogP contribution in [-0.4, -0.2) is 8.07 Å². The molecule has 0 spiro atoms. The second-order valence-corrected chi connectivity index (χ2v) is 20.0. The molecule has 0 fully saturated rings. The Morgan fingerprint density at radius 1 is 0.409 bits per heavy atom. The van der Waals surface area contributed by atoms with Crippen LogP contribution in [0.25, 0.3) is 22.3 Å². The molecule has 0 heterocycles. The summed E-state index contributed by atoms with van der Waals surface area (Å²) in [5, 5.41) is 8.97. The van der Waals surface area contributed by atoms with Crippen molar-refractivity contribution < 1.29 is 0 Å². The van der Waals surface area contributed by atoms with Crippen LogP contribution < -0.4 is 15.8 Å². The Labute approximate surface area is 266 Å². The average molecular weight is 597 g/mol. The van der Waals surface area contributed by atoms with Crippen molar-refractivity contribution in [3.05, 3.63) is 126 Å². The van der Waals surface area contributed by atoms with Crippen LogP contribution in [0, 0.1) is 0 Å². The topological polar surface area (TPSA) is 24.1 Å². The summed E-state index contributed by atoms with van der Waals surface area (Å²) in [6.07, 6.45) is 0. The van der Waals surface area contributed by atoms with E-state index < -0.39 is 8.07 Å². The van der Waals surface area contributed by atoms with Gasteiger partial charge in [0.15, 0.2) is 0 Å². The van der Waals surface area contributed by atoms with Crippen LogP contribution in [0.1, 0.15) is 52.7 Å². The van der Waals surface area contributed by atoms with Crippen molar-refractivity contribution in [2.24, 2.45) is 0 Å². The van der Waals surface area contributed by atoms with Crippen molar-refractivity contribution in [3.63, 3.8) is 0 Å². The Bertz CT molecular complexity index is 1610. The number of hydrogen-bond acceptors (Lipinski definition) is 2. The molecular weight excluding hydrogens is 549 g/mol. The van der Waals surface area contributed by atoms with E-state index in [1.807, 2.05) is 0 Å². The minimum Gasteiger partial charge on any atom is -0.355 e. The number of benzene rings is 5. The maximum atomic E-state index is 3.75. The summed E-state index contributed by atoms with van der Waals surface area (Å²) in [6.45, 7) is 20.9. The molecule has 2 N–H and O–H groups in total. The smallest absolute Gasteiger partial charge is 0.0792 e. The molecule has 0 unspecified atom stereocenters. The minimum atomic E-state index is -1.83. The molecule has 3 heteroatoms. The van der Waals surface area contributed by atoms with Gasteiger partial charge in [0.2, 0.25) is 0 Å². The highest BCUT2D eigenvalue weighted by atomic mass is 28.3. The SMILES string of the molecule is CC(C)(C)c1ccc(Nc2ccccc2-c2cccc(-c3ccccc3Nc3ccc(C(C)(C)C)cc3)c2[Si](C)(C)C)cc1. The lowest BCUT2D eigenvalue weighted by molar-refractivity contribution is 0.590. The Morgan fingerprint density at radius 3 is 1.09 bits per heavy atom. The van der Waals surface area contributed by atoms with Gasteiger partial charge in [0.25, 0.3) is 0 Å². The maximum Gasteiger partial charge on any atom is 0.0792 e. The molecule has 226 valence electrons. The highest BCUT2D eigenvalue weighted by molar-refractivity contribution is 6.90. The molecule has 5 rings (SSSR count). The van der Waals surface area contributed by atoms with Crippen LogP contribution in [0.2, 0.25) is 19.6 Å². The zero-order chi connectivity index (χ0) is 31.7. The van der Waals surface area contributed by atoms with Crippen LogP contribution in [0.5, 0.6) is 0 Å². The number of rotatable bonds is 7. The Hall–Kier alpha value is -4.08. The van der Waals surface area contributed by atoms with E-state index in [0.717, 1.165) is 22.7 Å². The number of para-hydroxylation sites is 2. The van der Waals surface area contributed by atoms with Crippen molar-refractivity contribution in [2.45, 2.75) is 72.0 Å². The fourth-order valence-corrected chi connectivity index (χ4v) is 7.93. The molecule has 0 atom stereocenters. The Kier molecular flexibility index (Phi) is 8.64. The van der Waals surface area contributed by atoms with Gasteiger partial charge >= 0.3 is 0 Å². The molecule has 0 aliphatic heterocycles. The molecule has 2 nitrogen and oxygen atoms in total. The molecule has 0 aliphatic rings. The lowest BCUT2D eigenvalue weighted by Crippen LogP contribution is -2.40. The predicted octanol–water partition coefficient (Wildman–Crippen LogP) is 11.6. The molecule has 44 heavy (non-hydrogen) atoms. The molecule has 0 radical (unpaired) electrons. The molecule has 0 aliphatic carbocycles. The van der Waals surface area contributed by atoms with Crippen molar-refractivity contribution in [3.8, 4) is 22.3 Å². The third kappa shape index (κ3) is 7.00. The molecule has 0 bridgehead atoms. The second-order valence-electron chi connectivity index (χ2n) is 15.0. The first kappa shape index (κ1) is 31.3. The molecular formula is C41H48N2Si. The molecule has 0 saturated heterocycles. The zero-order valence-electron chi connectivity index (χ0n) is 28.0. The first-order chi connectivity index (χ1) is 20.7. The van der Waals surface area contributed by atoms with E-state index in [4.69, 9.17) is 0 Å². The van der Waals surface area contributed by atoms with Gasteiger partial charge in [0, 0.05) is 33.9 Å². The molecule has 0 aromatic heterocycles. The Morgan fingerprint density at radius 2 is 0.750 bits per heavy atom. The van der Waals surface area contributed by atoms with Crippen molar-refractivity contribution in [2.75, 3.05) is 10.6 Å². The first-order valence-corrected chi connectivity index (χ1v) is 19.3. The van der Waals surface area contributed by atoms with Gasteiger partial charge in [-0.25, -0.2) is 0 Å². The molecule has 0 amide bonds. The summed E-state index contributed by atoms with van der Waals surface area (Å²) in [4.78, 5) is 0. The maximum absolute atomic E-state index is 3.75. The number of nitrogens with one attached hydrogen (secondary N) is 2. The van der Waals surface area contributed by atoms with Gasteiger partial charge in [-0.3, -0.25) is 0 Å². The summed E-state index contributed by atoms with van der Waals surface area (Å²) < 4.78 is 0. The average Bonchev–Trinajstić information content (AvgIpc) is 2.96. The lowest BCUT2D eigenvalue weighted by atomic mass is 9.87. The van der Waals surface area contributed by atoms with Crippen molar-refractivity contribution >= 4 is 36.0 Å². The standard InChI is InChI=1S/C41H48N2Si/c1-40(2,3)29-21-25-31(26-22-29)42-37-19-12-10-15-33(37)35-17-14-18-36(39(35)44(7,8)9)34-16-11-13-20-38(34)43-32-27-23-30(24-28-32)41(4,5)6/h10-28,42-43H,1-9H3. The molecule has 5 aromatic rings. The predicted molar refractivity (Wildman–Crippen MR) is 197 cm³/mol. The Balaban J connectivity index is 1.57. The van der Waals surface area contributed by atoms with Crippen molar-refractivity contribution in [1.82, 2.24) is 0 Å². The third-order valence-corrected chi connectivity index (χ3v) is 10.3. The first-order valence-electron chi connectivity index (χ1n) is 15.8. The van der Waals surface area contributed by atoms with Gasteiger partial charge in [0.05, 0.1) is 8.07 Å². The van der Waals surface area contributed by atoms with Crippen molar-refractivity contribution in [1.29, 1.82) is 0 Å². The van der Waals surface area contributed by atoms with Crippen LogP contribution in [-0.2, 0) is 10.8 Å². The van der Waals surface area contributed by atoms with E-state index in [0.29, 0.717) is 0 Å². The van der Waals surface area contributed by atoms with Gasteiger partial charge in [-0.05, 0) is 74.7 Å². The zero-order valence-corrected chi connectivity index (χ0v) is 29.0. The van der Waals surface area contributed by atoms with Crippen LogP contribution in [0.15, 0.2) is 115 Å². The van der Waals surface area contributed by atoms with Gasteiger partial charge in [-0.1, -0.05) is 140 Å². The van der Waals surface area contributed by atoms with E-state index in [9.17, 15) is 0 Å². The number of anilines is 4. The normalized spacial score (nSPS) is 12.2. The van der Waals surface area contributed by atoms with Crippen LogP contribution >= 0.6 is 0 Å². The van der Waals surface area contributed by atoms with Crippen LogP contribution in [0.4, 0.5) is 22.7 Å².